The first kappa shape index (κ1) is 15.0. The fourth-order valence-corrected chi connectivity index (χ4v) is 2.15. The predicted molar refractivity (Wildman–Crippen MR) is 80.0 cm³/mol. The van der Waals surface area contributed by atoms with Crippen LogP contribution < -0.4 is 10.1 Å². The Morgan fingerprint density at radius 3 is 2.48 bits per heavy atom. The van der Waals surface area contributed by atoms with Gasteiger partial charge in [-0.05, 0) is 44.2 Å². The zero-order chi connectivity index (χ0) is 15.4. The standard InChI is InChI=1S/C17H18FNO2/c1-11-4-9-16(21-3)15(10-11)12(2)19-17(20)13-5-7-14(18)8-6-13/h4-10,12H,1-3H3,(H,19,20). The smallest absolute Gasteiger partial charge is 0.251 e. The fourth-order valence-electron chi connectivity index (χ4n) is 2.15. The molecule has 0 fully saturated rings. The number of methoxy groups -OCH3 is 1. The second kappa shape index (κ2) is 6.39. The molecule has 3 nitrogen and oxygen atoms in total. The fraction of sp³-hybridized carbons (Fsp3) is 0.235. The molecule has 0 aromatic heterocycles. The Kier molecular flexibility index (Phi) is 4.58. The van der Waals surface area contributed by atoms with Crippen LogP contribution in [-0.2, 0) is 0 Å². The van der Waals surface area contributed by atoms with Crippen LogP contribution in [0.4, 0.5) is 4.39 Å². The maximum atomic E-state index is 12.9. The molecule has 0 aliphatic rings. The lowest BCUT2D eigenvalue weighted by Gasteiger charge is -2.18. The number of carbonyl (C=O) groups is 1. The topological polar surface area (TPSA) is 38.3 Å². The summed E-state index contributed by atoms with van der Waals surface area (Å²) in [5, 5.41) is 2.89. The summed E-state index contributed by atoms with van der Waals surface area (Å²) in [6.07, 6.45) is 0. The van der Waals surface area contributed by atoms with Crippen LogP contribution in [0.5, 0.6) is 5.75 Å². The van der Waals surface area contributed by atoms with Crippen LogP contribution in [0.15, 0.2) is 42.5 Å². The van der Waals surface area contributed by atoms with Crippen molar-refractivity contribution in [3.63, 3.8) is 0 Å². The quantitative estimate of drug-likeness (QED) is 0.932. The Labute approximate surface area is 123 Å². The number of benzene rings is 2. The van der Waals surface area contributed by atoms with Crippen molar-refractivity contribution in [1.82, 2.24) is 5.32 Å². The van der Waals surface area contributed by atoms with Crippen LogP contribution in [0, 0.1) is 12.7 Å². The average molecular weight is 287 g/mol. The van der Waals surface area contributed by atoms with Crippen LogP contribution in [-0.4, -0.2) is 13.0 Å². The van der Waals surface area contributed by atoms with Gasteiger partial charge in [-0.2, -0.15) is 0 Å². The molecule has 0 aliphatic heterocycles. The molecule has 2 rings (SSSR count). The van der Waals surface area contributed by atoms with Gasteiger partial charge in [0.15, 0.2) is 0 Å². The van der Waals surface area contributed by atoms with Crippen LogP contribution >= 0.6 is 0 Å². The van der Waals surface area contributed by atoms with Crippen LogP contribution in [0.2, 0.25) is 0 Å². The molecule has 0 heterocycles. The second-order valence-electron chi connectivity index (χ2n) is 4.95. The summed E-state index contributed by atoms with van der Waals surface area (Å²) >= 11 is 0. The molecule has 0 saturated carbocycles. The predicted octanol–water partition coefficient (Wildman–Crippen LogP) is 3.63. The van der Waals surface area contributed by atoms with Crippen molar-refractivity contribution in [3.05, 3.63) is 65.0 Å². The average Bonchev–Trinajstić information content (AvgIpc) is 2.47. The number of halogens is 1. The first-order chi connectivity index (χ1) is 10.0. The molecule has 0 bridgehead atoms. The highest BCUT2D eigenvalue weighted by molar-refractivity contribution is 5.94. The van der Waals surface area contributed by atoms with Gasteiger partial charge in [0.2, 0.25) is 0 Å². The van der Waals surface area contributed by atoms with Gasteiger partial charge in [-0.3, -0.25) is 4.79 Å². The number of ether oxygens (including phenoxy) is 1. The van der Waals surface area contributed by atoms with E-state index in [0.717, 1.165) is 16.9 Å². The third kappa shape index (κ3) is 3.60. The van der Waals surface area contributed by atoms with Crippen molar-refractivity contribution in [1.29, 1.82) is 0 Å². The molecular formula is C17H18FNO2. The lowest BCUT2D eigenvalue weighted by Crippen LogP contribution is -2.27. The summed E-state index contributed by atoms with van der Waals surface area (Å²) in [4.78, 5) is 12.1. The van der Waals surface area contributed by atoms with Gasteiger partial charge < -0.3 is 10.1 Å². The first-order valence-electron chi connectivity index (χ1n) is 6.72. The molecule has 0 aliphatic carbocycles. The Morgan fingerprint density at radius 1 is 1.19 bits per heavy atom. The highest BCUT2D eigenvalue weighted by Gasteiger charge is 2.15. The highest BCUT2D eigenvalue weighted by Crippen LogP contribution is 2.26. The summed E-state index contributed by atoms with van der Waals surface area (Å²) in [7, 11) is 1.60. The zero-order valence-electron chi connectivity index (χ0n) is 12.3. The molecule has 1 N–H and O–H groups in total. The summed E-state index contributed by atoms with van der Waals surface area (Å²) in [6, 6.07) is 11.1. The maximum Gasteiger partial charge on any atom is 0.251 e. The number of aryl methyl sites for hydroxylation is 1. The molecule has 4 heteroatoms. The lowest BCUT2D eigenvalue weighted by molar-refractivity contribution is 0.0939. The summed E-state index contributed by atoms with van der Waals surface area (Å²) < 4.78 is 18.2. The van der Waals surface area contributed by atoms with E-state index in [1.165, 1.54) is 24.3 Å². The van der Waals surface area contributed by atoms with Crippen molar-refractivity contribution in [2.24, 2.45) is 0 Å². The van der Waals surface area contributed by atoms with Crippen LogP contribution in [0.25, 0.3) is 0 Å². The number of carbonyl (C=O) groups excluding carboxylic acids is 1. The minimum absolute atomic E-state index is 0.211. The van der Waals surface area contributed by atoms with E-state index in [1.807, 2.05) is 32.0 Å². The number of nitrogens with one attached hydrogen (secondary N) is 1. The number of hydrogen-bond donors (Lipinski definition) is 1. The van der Waals surface area contributed by atoms with E-state index in [1.54, 1.807) is 7.11 Å². The molecular weight excluding hydrogens is 269 g/mol. The van der Waals surface area contributed by atoms with Gasteiger partial charge in [0.05, 0.1) is 13.2 Å². The number of hydrogen-bond acceptors (Lipinski definition) is 2. The summed E-state index contributed by atoms with van der Waals surface area (Å²) in [5.41, 5.74) is 2.43. The van der Waals surface area contributed by atoms with E-state index < -0.39 is 0 Å². The third-order valence-electron chi connectivity index (χ3n) is 3.31. The molecule has 2 aromatic carbocycles. The summed E-state index contributed by atoms with van der Waals surface area (Å²) in [6.45, 7) is 3.87. The van der Waals surface area contributed by atoms with Crippen LogP contribution in [0.1, 0.15) is 34.5 Å². The van der Waals surface area contributed by atoms with E-state index in [-0.39, 0.29) is 17.8 Å². The Hall–Kier alpha value is -2.36. The molecule has 110 valence electrons. The second-order valence-corrected chi connectivity index (χ2v) is 4.95. The van der Waals surface area contributed by atoms with Gasteiger partial charge in [0, 0.05) is 11.1 Å². The van der Waals surface area contributed by atoms with Crippen molar-refractivity contribution >= 4 is 5.91 Å². The van der Waals surface area contributed by atoms with Crippen molar-refractivity contribution in [3.8, 4) is 5.75 Å². The normalized spacial score (nSPS) is 11.8. The van der Waals surface area contributed by atoms with Gasteiger partial charge in [-0.25, -0.2) is 4.39 Å². The minimum Gasteiger partial charge on any atom is -0.496 e. The van der Waals surface area contributed by atoms with Gasteiger partial charge in [0.1, 0.15) is 11.6 Å². The Balaban J connectivity index is 2.17. The molecule has 1 atom stereocenters. The Morgan fingerprint density at radius 2 is 1.86 bits per heavy atom. The van der Waals surface area contributed by atoms with Crippen molar-refractivity contribution < 1.29 is 13.9 Å². The van der Waals surface area contributed by atoms with Crippen molar-refractivity contribution in [2.75, 3.05) is 7.11 Å². The first-order valence-corrected chi connectivity index (χ1v) is 6.72. The largest absolute Gasteiger partial charge is 0.496 e. The van der Waals surface area contributed by atoms with Crippen LogP contribution in [0.3, 0.4) is 0 Å². The van der Waals surface area contributed by atoms with Crippen molar-refractivity contribution in [2.45, 2.75) is 19.9 Å². The van der Waals surface area contributed by atoms with Gasteiger partial charge >= 0.3 is 0 Å². The Bertz CT molecular complexity index is 638. The van der Waals surface area contributed by atoms with E-state index in [4.69, 9.17) is 4.74 Å². The highest BCUT2D eigenvalue weighted by atomic mass is 19.1. The number of rotatable bonds is 4. The monoisotopic (exact) mass is 287 g/mol. The molecule has 0 saturated heterocycles. The molecule has 0 spiro atoms. The molecule has 21 heavy (non-hydrogen) atoms. The molecule has 0 radical (unpaired) electrons. The minimum atomic E-state index is -0.361. The van der Waals surface area contributed by atoms with Gasteiger partial charge in [0.25, 0.3) is 5.91 Å². The van der Waals surface area contributed by atoms with Gasteiger partial charge in [-0.15, -0.1) is 0 Å². The van der Waals surface area contributed by atoms with Gasteiger partial charge in [-0.1, -0.05) is 17.7 Å². The number of amides is 1. The van der Waals surface area contributed by atoms with E-state index >= 15 is 0 Å². The maximum absolute atomic E-state index is 12.9. The van der Waals surface area contributed by atoms with E-state index in [0.29, 0.717) is 5.56 Å². The molecule has 2 aromatic rings. The van der Waals surface area contributed by atoms with E-state index in [9.17, 15) is 9.18 Å². The SMILES string of the molecule is COc1ccc(C)cc1C(C)NC(=O)c1ccc(F)cc1. The van der Waals surface area contributed by atoms with E-state index in [2.05, 4.69) is 5.32 Å². The summed E-state index contributed by atoms with van der Waals surface area (Å²) in [5.74, 6) is 0.124. The zero-order valence-corrected chi connectivity index (χ0v) is 12.3. The third-order valence-corrected chi connectivity index (χ3v) is 3.31. The lowest BCUT2D eigenvalue weighted by atomic mass is 10.0. The molecule has 1 unspecified atom stereocenters. The molecule has 1 amide bonds.